The minimum atomic E-state index is -3.54. The second kappa shape index (κ2) is 5.79. The Morgan fingerprint density at radius 1 is 1.53 bits per heavy atom. The lowest BCUT2D eigenvalue weighted by atomic mass is 10.1. The van der Waals surface area contributed by atoms with Crippen molar-refractivity contribution in [3.63, 3.8) is 0 Å². The highest BCUT2D eigenvalue weighted by Gasteiger charge is 2.29. The number of rotatable bonds is 8. The van der Waals surface area contributed by atoms with Gasteiger partial charge in [0.1, 0.15) is 0 Å². The Balaban J connectivity index is 2.35. The minimum Gasteiger partial charge on any atom is -0.481 e. The van der Waals surface area contributed by atoms with Crippen LogP contribution in [0.25, 0.3) is 0 Å². The lowest BCUT2D eigenvalue weighted by Crippen LogP contribution is -2.41. The molecule has 1 aliphatic carbocycles. The summed E-state index contributed by atoms with van der Waals surface area (Å²) in [6.45, 7) is 2.43. The maximum absolute atomic E-state index is 11.7. The summed E-state index contributed by atoms with van der Waals surface area (Å²) in [5.74, 6) is -0.0157. The zero-order chi connectivity index (χ0) is 13.1. The predicted octanol–water partition coefficient (Wildman–Crippen LogP) is 0.273. The number of carboxylic acid groups (broad SMARTS) is 1. The number of carbonyl (C=O) groups is 1. The van der Waals surface area contributed by atoms with Crippen LogP contribution in [0.4, 0.5) is 0 Å². The Kier molecular flexibility index (Phi) is 4.91. The van der Waals surface area contributed by atoms with E-state index in [1.54, 1.807) is 0 Å². The van der Waals surface area contributed by atoms with E-state index in [9.17, 15) is 13.2 Å². The number of carboxylic acids is 1. The van der Waals surface area contributed by atoms with Gasteiger partial charge in [-0.3, -0.25) is 4.79 Å². The zero-order valence-corrected chi connectivity index (χ0v) is 11.0. The average molecular weight is 264 g/mol. The van der Waals surface area contributed by atoms with Crippen molar-refractivity contribution in [1.29, 1.82) is 0 Å². The molecule has 1 saturated carbocycles. The number of aliphatic carboxylic acids is 1. The normalized spacial score (nSPS) is 18.3. The Morgan fingerprint density at radius 2 is 2.12 bits per heavy atom. The molecule has 1 aliphatic rings. The summed E-state index contributed by atoms with van der Waals surface area (Å²) < 4.78 is 27.0. The van der Waals surface area contributed by atoms with Gasteiger partial charge < -0.3 is 5.11 Å². The van der Waals surface area contributed by atoms with E-state index in [1.165, 1.54) is 19.9 Å². The van der Waals surface area contributed by atoms with Crippen molar-refractivity contribution in [3.8, 4) is 0 Å². The summed E-state index contributed by atoms with van der Waals surface area (Å²) in [6, 6.07) is 0. The first-order valence-corrected chi connectivity index (χ1v) is 7.19. The van der Waals surface area contributed by atoms with E-state index < -0.39 is 16.2 Å². The predicted molar refractivity (Wildman–Crippen MR) is 63.7 cm³/mol. The van der Waals surface area contributed by atoms with Crippen molar-refractivity contribution in [2.45, 2.75) is 26.2 Å². The third kappa shape index (κ3) is 5.01. The maximum Gasteiger partial charge on any atom is 0.304 e. The van der Waals surface area contributed by atoms with E-state index in [0.29, 0.717) is 18.4 Å². The van der Waals surface area contributed by atoms with E-state index in [0.717, 1.165) is 4.31 Å². The van der Waals surface area contributed by atoms with Crippen LogP contribution in [0.3, 0.4) is 0 Å². The molecular weight excluding hydrogens is 244 g/mol. The molecule has 100 valence electrons. The van der Waals surface area contributed by atoms with Gasteiger partial charge in [0.15, 0.2) is 0 Å². The summed E-state index contributed by atoms with van der Waals surface area (Å²) in [5, 5.41) is 8.49. The first-order chi connectivity index (χ1) is 7.83. The second-order valence-corrected chi connectivity index (χ2v) is 6.50. The quantitative estimate of drug-likeness (QED) is 0.659. The highest BCUT2D eigenvalue weighted by atomic mass is 32.2. The summed E-state index contributed by atoms with van der Waals surface area (Å²) in [7, 11) is -2.15. The highest BCUT2D eigenvalue weighted by molar-refractivity contribution is 7.87. The van der Waals surface area contributed by atoms with E-state index in [1.807, 2.05) is 6.92 Å². The molecule has 0 bridgehead atoms. The fourth-order valence-electron chi connectivity index (χ4n) is 1.55. The van der Waals surface area contributed by atoms with E-state index in [4.69, 9.17) is 5.11 Å². The van der Waals surface area contributed by atoms with Crippen molar-refractivity contribution in [2.24, 2.45) is 11.8 Å². The van der Waals surface area contributed by atoms with Crippen molar-refractivity contribution in [2.75, 3.05) is 20.1 Å². The van der Waals surface area contributed by atoms with Crippen LogP contribution in [0.2, 0.25) is 0 Å². The molecule has 0 amide bonds. The molecule has 0 aliphatic heterocycles. The van der Waals surface area contributed by atoms with Crippen molar-refractivity contribution >= 4 is 16.2 Å². The smallest absolute Gasteiger partial charge is 0.304 e. The van der Waals surface area contributed by atoms with Crippen molar-refractivity contribution < 1.29 is 18.3 Å². The fraction of sp³-hybridized carbons (Fsp3) is 0.900. The summed E-state index contributed by atoms with van der Waals surface area (Å²) in [4.78, 5) is 10.4. The molecule has 1 fully saturated rings. The summed E-state index contributed by atoms with van der Waals surface area (Å²) >= 11 is 0. The largest absolute Gasteiger partial charge is 0.481 e. The van der Waals surface area contributed by atoms with Gasteiger partial charge in [-0.2, -0.15) is 12.7 Å². The lowest BCUT2D eigenvalue weighted by molar-refractivity contribution is -0.137. The van der Waals surface area contributed by atoms with Gasteiger partial charge in [-0.05, 0) is 24.7 Å². The molecule has 0 aromatic heterocycles. The number of nitrogens with one attached hydrogen (secondary N) is 1. The third-order valence-corrected chi connectivity index (χ3v) is 4.60. The summed E-state index contributed by atoms with van der Waals surface area (Å²) in [5.41, 5.74) is 0. The molecule has 0 heterocycles. The van der Waals surface area contributed by atoms with E-state index in [-0.39, 0.29) is 13.0 Å². The van der Waals surface area contributed by atoms with E-state index >= 15 is 0 Å². The van der Waals surface area contributed by atoms with Gasteiger partial charge in [0, 0.05) is 20.1 Å². The van der Waals surface area contributed by atoms with Crippen LogP contribution < -0.4 is 4.72 Å². The minimum absolute atomic E-state index is 0.0114. The van der Waals surface area contributed by atoms with Crippen LogP contribution in [0.1, 0.15) is 26.2 Å². The number of hydrogen-bond acceptors (Lipinski definition) is 3. The van der Waals surface area contributed by atoms with Crippen LogP contribution >= 0.6 is 0 Å². The number of hydrogen-bond donors (Lipinski definition) is 2. The Labute approximate surface area is 102 Å². The van der Waals surface area contributed by atoms with Gasteiger partial charge in [0.25, 0.3) is 10.2 Å². The Bertz CT molecular complexity index is 365. The molecule has 0 radical (unpaired) electrons. The topological polar surface area (TPSA) is 86.7 Å². The van der Waals surface area contributed by atoms with Gasteiger partial charge in [-0.1, -0.05) is 6.92 Å². The Hall–Kier alpha value is -0.660. The lowest BCUT2D eigenvalue weighted by Gasteiger charge is -2.18. The van der Waals surface area contributed by atoms with Crippen LogP contribution in [0, 0.1) is 11.8 Å². The highest BCUT2D eigenvalue weighted by Crippen LogP contribution is 2.36. The molecule has 6 nitrogen and oxygen atoms in total. The van der Waals surface area contributed by atoms with Crippen molar-refractivity contribution in [3.05, 3.63) is 0 Å². The molecule has 0 aromatic rings. The fourth-order valence-corrected chi connectivity index (χ4v) is 2.58. The molecule has 1 rings (SSSR count). The molecule has 1 atom stereocenters. The molecule has 17 heavy (non-hydrogen) atoms. The van der Waals surface area contributed by atoms with Crippen LogP contribution in [0.5, 0.6) is 0 Å². The monoisotopic (exact) mass is 264 g/mol. The van der Waals surface area contributed by atoms with Gasteiger partial charge in [0.2, 0.25) is 0 Å². The standard InChI is InChI=1S/C10H20N2O4S/c1-8(9-3-4-9)7-11-17(15,16)12(2)6-5-10(13)14/h8-9,11H,3-7H2,1-2H3,(H,13,14). The maximum atomic E-state index is 11.7. The number of nitrogens with zero attached hydrogens (tertiary/aromatic N) is 1. The van der Waals surface area contributed by atoms with Crippen LogP contribution in [-0.4, -0.2) is 43.9 Å². The third-order valence-electron chi connectivity index (χ3n) is 3.07. The van der Waals surface area contributed by atoms with Gasteiger partial charge in [-0.25, -0.2) is 4.72 Å². The van der Waals surface area contributed by atoms with E-state index in [2.05, 4.69) is 4.72 Å². The summed E-state index contributed by atoms with van der Waals surface area (Å²) in [6.07, 6.45) is 2.17. The Morgan fingerprint density at radius 3 is 2.59 bits per heavy atom. The molecule has 1 unspecified atom stereocenters. The molecular formula is C10H20N2O4S. The molecule has 0 aromatic carbocycles. The average Bonchev–Trinajstić information content (AvgIpc) is 3.06. The van der Waals surface area contributed by atoms with Gasteiger partial charge in [0.05, 0.1) is 6.42 Å². The molecule has 0 saturated heterocycles. The SMILES string of the molecule is CC(CNS(=O)(=O)N(C)CCC(=O)O)C1CC1. The molecule has 7 heteroatoms. The molecule has 2 N–H and O–H groups in total. The first kappa shape index (κ1) is 14.4. The van der Waals surface area contributed by atoms with Crippen LogP contribution in [0.15, 0.2) is 0 Å². The zero-order valence-electron chi connectivity index (χ0n) is 10.2. The second-order valence-electron chi connectivity index (χ2n) is 4.63. The van der Waals surface area contributed by atoms with Crippen LogP contribution in [-0.2, 0) is 15.0 Å². The van der Waals surface area contributed by atoms with Crippen molar-refractivity contribution in [1.82, 2.24) is 9.03 Å². The molecule has 0 spiro atoms. The first-order valence-electron chi connectivity index (χ1n) is 5.75. The van der Waals surface area contributed by atoms with Gasteiger partial charge in [-0.15, -0.1) is 0 Å². The van der Waals surface area contributed by atoms with Gasteiger partial charge >= 0.3 is 5.97 Å².